The molecule has 0 spiro atoms. The van der Waals surface area contributed by atoms with Gasteiger partial charge in [0.05, 0.1) is 35.1 Å². The number of hydrogen-bond acceptors (Lipinski definition) is 5. The van der Waals surface area contributed by atoms with Crippen molar-refractivity contribution in [2.45, 2.75) is 25.7 Å². The molecule has 2 aromatic carbocycles. The number of carbonyl (C=O) groups is 2. The summed E-state index contributed by atoms with van der Waals surface area (Å²) in [4.78, 5) is 24.6. The largest absolute Gasteiger partial charge is 0.465 e. The molecule has 9 heteroatoms. The highest BCUT2D eigenvalue weighted by atomic mass is 35.5. The van der Waals surface area contributed by atoms with E-state index in [2.05, 4.69) is 5.32 Å². The molecule has 0 unspecified atom stereocenters. The van der Waals surface area contributed by atoms with Crippen LogP contribution in [0.25, 0.3) is 0 Å². The average Bonchev–Trinajstić information content (AvgIpc) is 2.80. The number of aryl methyl sites for hydroxylation is 1. The summed E-state index contributed by atoms with van der Waals surface area (Å²) in [6.07, 6.45) is 2.39. The molecule has 1 fully saturated rings. The van der Waals surface area contributed by atoms with E-state index in [1.54, 1.807) is 0 Å². The van der Waals surface area contributed by atoms with Gasteiger partial charge < -0.3 is 10.1 Å². The Morgan fingerprint density at radius 2 is 1.94 bits per heavy atom. The summed E-state index contributed by atoms with van der Waals surface area (Å²) in [7, 11) is -2.19. The van der Waals surface area contributed by atoms with E-state index >= 15 is 0 Å². The molecule has 0 saturated carbocycles. The first kappa shape index (κ1) is 24.2. The zero-order chi connectivity index (χ0) is 23.1. The lowest BCUT2D eigenvalue weighted by atomic mass is 9.98. The Kier molecular flexibility index (Phi) is 8.28. The molecule has 3 rings (SSSR count). The Hall–Kier alpha value is -2.42. The predicted octanol–water partition coefficient (Wildman–Crippen LogP) is 3.74. The van der Waals surface area contributed by atoms with Crippen LogP contribution in [0.1, 0.15) is 35.2 Å². The number of hydrogen-bond donors (Lipinski definition) is 1. The van der Waals surface area contributed by atoms with Crippen LogP contribution in [0.4, 0.5) is 5.69 Å². The zero-order valence-electron chi connectivity index (χ0n) is 17.9. The molecule has 1 amide bonds. The maximum atomic E-state index is 12.8. The minimum Gasteiger partial charge on any atom is -0.465 e. The lowest BCUT2D eigenvalue weighted by Gasteiger charge is -2.31. The van der Waals surface area contributed by atoms with Gasteiger partial charge in [-0.25, -0.2) is 17.5 Å². The monoisotopic (exact) mass is 478 g/mol. The lowest BCUT2D eigenvalue weighted by Crippen LogP contribution is -2.44. The second-order valence-electron chi connectivity index (χ2n) is 7.78. The van der Waals surface area contributed by atoms with Crippen LogP contribution in [0.3, 0.4) is 0 Å². The molecule has 1 aliphatic rings. The van der Waals surface area contributed by atoms with E-state index in [1.807, 2.05) is 30.3 Å². The van der Waals surface area contributed by atoms with E-state index in [4.69, 9.17) is 16.3 Å². The van der Waals surface area contributed by atoms with Gasteiger partial charge in [0.1, 0.15) is 0 Å². The number of nitrogens with one attached hydrogen (secondary N) is 1. The van der Waals surface area contributed by atoms with Crippen LogP contribution in [0, 0.1) is 5.92 Å². The number of methoxy groups -OCH3 is 1. The Morgan fingerprint density at radius 3 is 2.66 bits per heavy atom. The normalized spacial score (nSPS) is 17.0. The van der Waals surface area contributed by atoms with Crippen molar-refractivity contribution in [3.05, 3.63) is 64.7 Å². The van der Waals surface area contributed by atoms with Crippen LogP contribution in [-0.4, -0.2) is 50.6 Å². The smallest absolute Gasteiger partial charge is 0.337 e. The number of ether oxygens (including phenoxy) is 1. The number of benzene rings is 2. The number of amides is 1. The lowest BCUT2D eigenvalue weighted by molar-refractivity contribution is -0.120. The number of nitrogens with zero attached hydrogens (tertiary/aromatic N) is 1. The van der Waals surface area contributed by atoms with Gasteiger partial charge in [0.2, 0.25) is 15.9 Å². The van der Waals surface area contributed by atoms with Gasteiger partial charge in [0, 0.05) is 13.1 Å². The molecular weight excluding hydrogens is 452 g/mol. The van der Waals surface area contributed by atoms with Crippen molar-refractivity contribution < 1.29 is 22.7 Å². The summed E-state index contributed by atoms with van der Waals surface area (Å²) in [5, 5.41) is 3.02. The van der Waals surface area contributed by atoms with Gasteiger partial charge in [-0.3, -0.25) is 4.79 Å². The molecule has 32 heavy (non-hydrogen) atoms. The van der Waals surface area contributed by atoms with Gasteiger partial charge in [-0.15, -0.1) is 0 Å². The first-order chi connectivity index (χ1) is 15.3. The van der Waals surface area contributed by atoms with E-state index in [0.717, 1.165) is 5.56 Å². The number of rotatable bonds is 8. The second-order valence-corrected chi connectivity index (χ2v) is 10.3. The quantitative estimate of drug-likeness (QED) is 0.583. The summed E-state index contributed by atoms with van der Waals surface area (Å²) in [6, 6.07) is 14.2. The van der Waals surface area contributed by atoms with Crippen LogP contribution < -0.4 is 5.32 Å². The van der Waals surface area contributed by atoms with Crippen molar-refractivity contribution >= 4 is 39.2 Å². The SMILES string of the molecule is COC(=O)c1ccc(Cl)c(NC(=O)[C@H]2CCCN(S(=O)(=O)CCCc3ccccc3)C2)c1. The molecule has 172 valence electrons. The van der Waals surface area contributed by atoms with Crippen molar-refractivity contribution in [3.63, 3.8) is 0 Å². The molecule has 0 aromatic heterocycles. The van der Waals surface area contributed by atoms with Gasteiger partial charge in [-0.05, 0) is 49.4 Å². The number of carbonyl (C=O) groups excluding carboxylic acids is 2. The second kappa shape index (κ2) is 10.9. The fraction of sp³-hybridized carbons (Fsp3) is 0.391. The van der Waals surface area contributed by atoms with E-state index in [1.165, 1.54) is 29.6 Å². The number of anilines is 1. The summed E-state index contributed by atoms with van der Waals surface area (Å²) in [5.74, 6) is -1.31. The summed E-state index contributed by atoms with van der Waals surface area (Å²) in [5.41, 5.74) is 1.66. The number of esters is 1. The highest BCUT2D eigenvalue weighted by Gasteiger charge is 2.32. The molecule has 1 aliphatic heterocycles. The molecular formula is C23H27ClN2O5S. The van der Waals surface area contributed by atoms with Crippen LogP contribution in [0.2, 0.25) is 5.02 Å². The Balaban J connectivity index is 1.60. The number of halogens is 1. The molecule has 0 radical (unpaired) electrons. The number of sulfonamides is 1. The summed E-state index contributed by atoms with van der Waals surface area (Å²) >= 11 is 6.16. The molecule has 7 nitrogen and oxygen atoms in total. The molecule has 1 atom stereocenters. The first-order valence-corrected chi connectivity index (χ1v) is 12.5. The average molecular weight is 479 g/mol. The molecule has 1 N–H and O–H groups in total. The Labute approximate surface area is 193 Å². The van der Waals surface area contributed by atoms with Crippen molar-refractivity contribution in [3.8, 4) is 0 Å². The van der Waals surface area contributed by atoms with Crippen molar-refractivity contribution in [2.75, 3.05) is 31.3 Å². The first-order valence-electron chi connectivity index (χ1n) is 10.5. The van der Waals surface area contributed by atoms with Gasteiger partial charge in [0.15, 0.2) is 0 Å². The molecule has 0 bridgehead atoms. The van der Waals surface area contributed by atoms with Crippen LogP contribution in [0.15, 0.2) is 48.5 Å². The maximum absolute atomic E-state index is 12.8. The zero-order valence-corrected chi connectivity index (χ0v) is 19.5. The van der Waals surface area contributed by atoms with E-state index in [0.29, 0.717) is 37.9 Å². The van der Waals surface area contributed by atoms with Crippen LogP contribution >= 0.6 is 11.6 Å². The van der Waals surface area contributed by atoms with E-state index < -0.39 is 21.9 Å². The third kappa shape index (κ3) is 6.31. The highest BCUT2D eigenvalue weighted by molar-refractivity contribution is 7.89. The third-order valence-corrected chi connectivity index (χ3v) is 7.76. The fourth-order valence-corrected chi connectivity index (χ4v) is 5.49. The van der Waals surface area contributed by atoms with Crippen molar-refractivity contribution in [1.29, 1.82) is 0 Å². The third-order valence-electron chi connectivity index (χ3n) is 5.50. The van der Waals surface area contributed by atoms with Gasteiger partial charge in [-0.2, -0.15) is 0 Å². The Bertz CT molecular complexity index is 1060. The number of piperidine rings is 1. The Morgan fingerprint density at radius 1 is 1.19 bits per heavy atom. The molecule has 2 aromatic rings. The topological polar surface area (TPSA) is 92.8 Å². The van der Waals surface area contributed by atoms with Crippen LogP contribution in [0.5, 0.6) is 0 Å². The van der Waals surface area contributed by atoms with Gasteiger partial charge in [0.25, 0.3) is 0 Å². The summed E-state index contributed by atoms with van der Waals surface area (Å²) < 4.78 is 31.8. The predicted molar refractivity (Wildman–Crippen MR) is 124 cm³/mol. The molecule has 1 saturated heterocycles. The summed E-state index contributed by atoms with van der Waals surface area (Å²) in [6.45, 7) is 0.545. The minimum atomic E-state index is -3.46. The van der Waals surface area contributed by atoms with E-state index in [9.17, 15) is 18.0 Å². The van der Waals surface area contributed by atoms with E-state index in [-0.39, 0.29) is 28.8 Å². The van der Waals surface area contributed by atoms with Crippen molar-refractivity contribution in [2.24, 2.45) is 5.92 Å². The van der Waals surface area contributed by atoms with Gasteiger partial charge in [-0.1, -0.05) is 41.9 Å². The van der Waals surface area contributed by atoms with Crippen molar-refractivity contribution in [1.82, 2.24) is 4.31 Å². The van der Waals surface area contributed by atoms with Crippen LogP contribution in [-0.2, 0) is 26.0 Å². The minimum absolute atomic E-state index is 0.0449. The maximum Gasteiger partial charge on any atom is 0.337 e. The molecule has 1 heterocycles. The fourth-order valence-electron chi connectivity index (χ4n) is 3.74. The highest BCUT2D eigenvalue weighted by Crippen LogP contribution is 2.26. The standard InChI is InChI=1S/C23H27ClN2O5S/c1-31-23(28)18-11-12-20(24)21(15-18)25-22(27)19-10-5-13-26(16-19)32(29,30)14-6-9-17-7-3-2-4-8-17/h2-4,7-8,11-12,15,19H,5-6,9-10,13-14,16H2,1H3,(H,25,27)/t19-/m0/s1. The van der Waals surface area contributed by atoms with Gasteiger partial charge >= 0.3 is 5.97 Å². The molecule has 0 aliphatic carbocycles.